The van der Waals surface area contributed by atoms with Crippen LogP contribution in [0, 0.1) is 0 Å². The molecule has 1 N–H and O–H groups in total. The Bertz CT molecular complexity index is 550. The Morgan fingerprint density at radius 2 is 2.28 bits per heavy atom. The second-order valence-corrected chi connectivity index (χ2v) is 4.32. The lowest BCUT2D eigenvalue weighted by Gasteiger charge is -2.00. The highest BCUT2D eigenvalue weighted by Gasteiger charge is 2.11. The number of halogens is 1. The van der Waals surface area contributed by atoms with Crippen LogP contribution in [0.5, 0.6) is 0 Å². The Morgan fingerprint density at radius 1 is 1.44 bits per heavy atom. The molecule has 0 aliphatic rings. The number of ether oxygens (including phenoxy) is 1. The highest BCUT2D eigenvalue weighted by atomic mass is 35.5. The molecule has 1 aromatic carbocycles. The summed E-state index contributed by atoms with van der Waals surface area (Å²) in [5.41, 5.74) is 0.666. The van der Waals surface area contributed by atoms with Gasteiger partial charge in [0.2, 0.25) is 5.78 Å². The third-order valence-corrected chi connectivity index (χ3v) is 2.76. The molecule has 5 heteroatoms. The Kier molecular flexibility index (Phi) is 4.36. The lowest BCUT2D eigenvalue weighted by molar-refractivity contribution is 0.0963. The Morgan fingerprint density at radius 3 is 3.06 bits per heavy atom. The third kappa shape index (κ3) is 3.10. The van der Waals surface area contributed by atoms with Crippen molar-refractivity contribution >= 4 is 28.4 Å². The van der Waals surface area contributed by atoms with Gasteiger partial charge in [0.1, 0.15) is 5.58 Å². The summed E-state index contributed by atoms with van der Waals surface area (Å²) in [6, 6.07) is 6.97. The molecule has 0 saturated carbocycles. The molecule has 0 fully saturated rings. The van der Waals surface area contributed by atoms with Crippen molar-refractivity contribution in [3.8, 4) is 0 Å². The van der Waals surface area contributed by atoms with Crippen molar-refractivity contribution in [2.75, 3.05) is 26.8 Å². The monoisotopic (exact) mass is 267 g/mol. The number of carbonyl (C=O) groups excluding carboxylic acids is 1. The molecule has 1 heterocycles. The molecule has 0 radical (unpaired) electrons. The maximum Gasteiger partial charge on any atom is 0.211 e. The molecule has 0 atom stereocenters. The highest BCUT2D eigenvalue weighted by Crippen LogP contribution is 2.23. The van der Waals surface area contributed by atoms with Crippen molar-refractivity contribution < 1.29 is 13.9 Å². The highest BCUT2D eigenvalue weighted by molar-refractivity contribution is 6.31. The standard InChI is InChI=1S/C13H14ClNO3/c1-17-5-4-15-8-11(16)13-7-9-6-10(14)2-3-12(9)18-13/h2-3,6-7,15H,4-5,8H2,1H3. The van der Waals surface area contributed by atoms with Gasteiger partial charge < -0.3 is 14.5 Å². The summed E-state index contributed by atoms with van der Waals surface area (Å²) in [5.74, 6) is 0.260. The minimum atomic E-state index is -0.0848. The molecular weight excluding hydrogens is 254 g/mol. The van der Waals surface area contributed by atoms with Gasteiger partial charge in [-0.25, -0.2) is 0 Å². The lowest BCUT2D eigenvalue weighted by atomic mass is 10.2. The molecule has 18 heavy (non-hydrogen) atoms. The van der Waals surface area contributed by atoms with E-state index in [1.165, 1.54) is 0 Å². The predicted molar refractivity (Wildman–Crippen MR) is 70.3 cm³/mol. The van der Waals surface area contributed by atoms with E-state index in [0.29, 0.717) is 29.5 Å². The molecule has 0 spiro atoms. The van der Waals surface area contributed by atoms with E-state index in [9.17, 15) is 4.79 Å². The number of ketones is 1. The van der Waals surface area contributed by atoms with Crippen LogP contribution in [0.4, 0.5) is 0 Å². The fourth-order valence-corrected chi connectivity index (χ4v) is 1.80. The first-order valence-corrected chi connectivity index (χ1v) is 6.00. The van der Waals surface area contributed by atoms with Gasteiger partial charge in [-0.2, -0.15) is 0 Å². The molecule has 96 valence electrons. The summed E-state index contributed by atoms with van der Waals surface area (Å²) in [4.78, 5) is 11.8. The Balaban J connectivity index is 2.04. The molecule has 0 bridgehead atoms. The van der Waals surface area contributed by atoms with Gasteiger partial charge in [-0.1, -0.05) is 11.6 Å². The average molecular weight is 268 g/mol. The van der Waals surface area contributed by atoms with Crippen LogP contribution in [-0.4, -0.2) is 32.6 Å². The number of fused-ring (bicyclic) bond motifs is 1. The third-order valence-electron chi connectivity index (χ3n) is 2.52. The van der Waals surface area contributed by atoms with Gasteiger partial charge in [-0.3, -0.25) is 4.79 Å². The quantitative estimate of drug-likeness (QED) is 0.645. The zero-order valence-corrected chi connectivity index (χ0v) is 10.8. The Labute approximate surface area is 110 Å². The van der Waals surface area contributed by atoms with Crippen LogP contribution >= 0.6 is 11.6 Å². The SMILES string of the molecule is COCCNCC(=O)c1cc2cc(Cl)ccc2o1. The second kappa shape index (κ2) is 6.00. The van der Waals surface area contributed by atoms with Crippen molar-refractivity contribution in [2.24, 2.45) is 0 Å². The first kappa shape index (κ1) is 13.1. The van der Waals surface area contributed by atoms with Crippen LogP contribution in [0.2, 0.25) is 5.02 Å². The summed E-state index contributed by atoms with van der Waals surface area (Å²) >= 11 is 5.87. The predicted octanol–water partition coefficient (Wildman–Crippen LogP) is 2.50. The van der Waals surface area contributed by atoms with Crippen molar-refractivity contribution in [3.05, 3.63) is 35.0 Å². The molecule has 1 aromatic heterocycles. The number of hydrogen-bond acceptors (Lipinski definition) is 4. The van der Waals surface area contributed by atoms with Crippen molar-refractivity contribution in [3.63, 3.8) is 0 Å². The van der Waals surface area contributed by atoms with E-state index < -0.39 is 0 Å². The van der Waals surface area contributed by atoms with Crippen LogP contribution in [0.3, 0.4) is 0 Å². The van der Waals surface area contributed by atoms with Gasteiger partial charge in [0.15, 0.2) is 5.76 Å². The number of Topliss-reactive ketones (excluding diaryl/α,β-unsaturated/α-hetero) is 1. The van der Waals surface area contributed by atoms with Crippen LogP contribution in [-0.2, 0) is 4.74 Å². The fraction of sp³-hybridized carbons (Fsp3) is 0.308. The Hall–Kier alpha value is -1.36. The molecule has 2 aromatic rings. The van der Waals surface area contributed by atoms with Crippen molar-refractivity contribution in [2.45, 2.75) is 0 Å². The zero-order valence-electron chi connectivity index (χ0n) is 10.0. The molecule has 0 saturated heterocycles. The van der Waals surface area contributed by atoms with E-state index >= 15 is 0 Å². The summed E-state index contributed by atoms with van der Waals surface area (Å²) in [7, 11) is 1.62. The van der Waals surface area contributed by atoms with Gasteiger partial charge in [0, 0.05) is 24.1 Å². The maximum absolute atomic E-state index is 11.8. The van der Waals surface area contributed by atoms with Gasteiger partial charge in [-0.15, -0.1) is 0 Å². The van der Waals surface area contributed by atoms with Gasteiger partial charge >= 0.3 is 0 Å². The first-order valence-electron chi connectivity index (χ1n) is 5.62. The number of methoxy groups -OCH3 is 1. The number of carbonyl (C=O) groups is 1. The summed E-state index contributed by atoms with van der Waals surface area (Å²) < 4.78 is 10.3. The van der Waals surface area contributed by atoms with Crippen LogP contribution < -0.4 is 5.32 Å². The maximum atomic E-state index is 11.8. The molecule has 0 amide bonds. The minimum Gasteiger partial charge on any atom is -0.453 e. The molecular formula is C13H14ClNO3. The summed E-state index contributed by atoms with van der Waals surface area (Å²) in [5, 5.41) is 4.44. The van der Waals surface area contributed by atoms with Gasteiger partial charge in [0.05, 0.1) is 13.2 Å². The minimum absolute atomic E-state index is 0.0848. The average Bonchev–Trinajstić information content (AvgIpc) is 2.77. The largest absolute Gasteiger partial charge is 0.453 e. The zero-order chi connectivity index (χ0) is 13.0. The van der Waals surface area contributed by atoms with Gasteiger partial charge in [-0.05, 0) is 24.3 Å². The number of benzene rings is 1. The van der Waals surface area contributed by atoms with E-state index in [1.807, 2.05) is 0 Å². The van der Waals surface area contributed by atoms with Crippen LogP contribution in [0.15, 0.2) is 28.7 Å². The van der Waals surface area contributed by atoms with E-state index in [2.05, 4.69) is 5.32 Å². The van der Waals surface area contributed by atoms with E-state index in [4.69, 9.17) is 20.8 Å². The topological polar surface area (TPSA) is 51.5 Å². The lowest BCUT2D eigenvalue weighted by Crippen LogP contribution is -2.26. The van der Waals surface area contributed by atoms with Crippen LogP contribution in [0.1, 0.15) is 10.6 Å². The normalized spacial score (nSPS) is 11.0. The molecule has 0 unspecified atom stereocenters. The molecule has 2 rings (SSSR count). The number of furan rings is 1. The molecule has 4 nitrogen and oxygen atoms in total. The summed E-state index contributed by atoms with van der Waals surface area (Å²) in [6.07, 6.45) is 0. The van der Waals surface area contributed by atoms with E-state index in [1.54, 1.807) is 31.4 Å². The van der Waals surface area contributed by atoms with Crippen molar-refractivity contribution in [1.82, 2.24) is 5.32 Å². The smallest absolute Gasteiger partial charge is 0.211 e. The fourth-order valence-electron chi connectivity index (χ4n) is 1.61. The number of rotatable bonds is 6. The number of nitrogens with one attached hydrogen (secondary N) is 1. The van der Waals surface area contributed by atoms with Crippen molar-refractivity contribution in [1.29, 1.82) is 0 Å². The number of hydrogen-bond donors (Lipinski definition) is 1. The first-order chi connectivity index (χ1) is 8.70. The van der Waals surface area contributed by atoms with Crippen LogP contribution in [0.25, 0.3) is 11.0 Å². The second-order valence-electron chi connectivity index (χ2n) is 3.89. The summed E-state index contributed by atoms with van der Waals surface area (Å²) in [6.45, 7) is 1.44. The van der Waals surface area contributed by atoms with E-state index in [0.717, 1.165) is 5.39 Å². The molecule has 0 aliphatic carbocycles. The van der Waals surface area contributed by atoms with E-state index in [-0.39, 0.29) is 12.3 Å². The van der Waals surface area contributed by atoms with Gasteiger partial charge in [0.25, 0.3) is 0 Å². The molecule has 0 aliphatic heterocycles.